The van der Waals surface area contributed by atoms with Crippen LogP contribution in [-0.2, 0) is 20.7 Å². The largest absolute Gasteiger partial charge is 0.444 e. The number of piperidine rings is 1. The van der Waals surface area contributed by atoms with Gasteiger partial charge >= 0.3 is 12.7 Å². The minimum Gasteiger partial charge on any atom is -0.444 e. The molecule has 0 spiro atoms. The van der Waals surface area contributed by atoms with Crippen molar-refractivity contribution in [1.82, 2.24) is 9.80 Å². The molecule has 2 amide bonds. The highest BCUT2D eigenvalue weighted by Gasteiger charge is 2.39. The van der Waals surface area contributed by atoms with Crippen LogP contribution in [0.1, 0.15) is 52.0 Å². The van der Waals surface area contributed by atoms with Gasteiger partial charge in [0.1, 0.15) is 23.2 Å². The molecular weight excluding hydrogens is 434 g/mol. The molecule has 1 atom stereocenters. The summed E-state index contributed by atoms with van der Waals surface area (Å²) in [5, 5.41) is 0. The summed E-state index contributed by atoms with van der Waals surface area (Å²) in [5.74, 6) is -0.114. The van der Waals surface area contributed by atoms with Gasteiger partial charge in [0.15, 0.2) is 0 Å². The molecule has 0 aromatic heterocycles. The van der Waals surface area contributed by atoms with Crippen LogP contribution in [0.15, 0.2) is 24.3 Å². The van der Waals surface area contributed by atoms with E-state index in [4.69, 9.17) is 4.74 Å². The van der Waals surface area contributed by atoms with E-state index in [0.29, 0.717) is 38.9 Å². The van der Waals surface area contributed by atoms with Gasteiger partial charge in [0.05, 0.1) is 0 Å². The van der Waals surface area contributed by atoms with Crippen molar-refractivity contribution in [2.24, 2.45) is 5.92 Å². The van der Waals surface area contributed by atoms with E-state index in [1.165, 1.54) is 17.0 Å². The molecule has 2 aliphatic rings. The maximum absolute atomic E-state index is 13.1. The molecule has 2 aliphatic heterocycles. The van der Waals surface area contributed by atoms with Crippen molar-refractivity contribution in [1.29, 1.82) is 0 Å². The number of amides is 2. The van der Waals surface area contributed by atoms with E-state index in [-0.39, 0.29) is 29.8 Å². The summed E-state index contributed by atoms with van der Waals surface area (Å²) in [6.07, 6.45) is 2.25. The third-order valence-corrected chi connectivity index (χ3v) is 5.95. The van der Waals surface area contributed by atoms with Crippen molar-refractivity contribution in [3.63, 3.8) is 0 Å². The van der Waals surface area contributed by atoms with Crippen molar-refractivity contribution in [3.8, 4) is 5.75 Å². The zero-order chi connectivity index (χ0) is 24.2. The normalized spacial score (nSPS) is 19.6. The predicted molar refractivity (Wildman–Crippen MR) is 117 cm³/mol. The lowest BCUT2D eigenvalue weighted by Crippen LogP contribution is -2.51. The second-order valence-electron chi connectivity index (χ2n) is 9.60. The Kier molecular flexibility index (Phi) is 7.92. The van der Waals surface area contributed by atoms with Gasteiger partial charge in [0, 0.05) is 32.0 Å². The standard InChI is InChI=1S/C24H32F2N2O5/c1-24(2,3)33-23(31)28-12-4-5-19(28)21(30)27-13-10-17(11-14-27)20(29)15-16-6-8-18(9-7-16)32-22(25)26/h6-9,17,19,22H,4-5,10-15H2,1-3H3/t19-/m1/s1. The Morgan fingerprint density at radius 1 is 1.03 bits per heavy atom. The number of carbonyl (C=O) groups excluding carboxylic acids is 3. The zero-order valence-corrected chi connectivity index (χ0v) is 19.4. The lowest BCUT2D eigenvalue weighted by atomic mass is 9.89. The Morgan fingerprint density at radius 2 is 1.67 bits per heavy atom. The third kappa shape index (κ3) is 6.88. The number of ether oxygens (including phenoxy) is 2. The fourth-order valence-electron chi connectivity index (χ4n) is 4.33. The molecule has 2 saturated heterocycles. The summed E-state index contributed by atoms with van der Waals surface area (Å²) in [4.78, 5) is 41.6. The van der Waals surface area contributed by atoms with Crippen LogP contribution in [0, 0.1) is 5.92 Å². The van der Waals surface area contributed by atoms with Crippen molar-refractivity contribution in [3.05, 3.63) is 29.8 Å². The van der Waals surface area contributed by atoms with Crippen LogP contribution in [-0.4, -0.2) is 65.5 Å². The monoisotopic (exact) mass is 466 g/mol. The molecule has 182 valence electrons. The van der Waals surface area contributed by atoms with Crippen molar-refractivity contribution >= 4 is 17.8 Å². The van der Waals surface area contributed by atoms with Crippen LogP contribution in [0.3, 0.4) is 0 Å². The highest BCUT2D eigenvalue weighted by Crippen LogP contribution is 2.26. The first kappa shape index (κ1) is 24.9. The Labute approximate surface area is 193 Å². The number of rotatable bonds is 6. The molecule has 7 nitrogen and oxygen atoms in total. The predicted octanol–water partition coefficient (Wildman–Crippen LogP) is 4.04. The van der Waals surface area contributed by atoms with Gasteiger partial charge < -0.3 is 14.4 Å². The summed E-state index contributed by atoms with van der Waals surface area (Å²) in [6, 6.07) is 5.56. The molecule has 9 heteroatoms. The van der Waals surface area contributed by atoms with E-state index in [9.17, 15) is 23.2 Å². The number of carbonyl (C=O) groups is 3. The first-order chi connectivity index (χ1) is 15.5. The van der Waals surface area contributed by atoms with Crippen molar-refractivity contribution < 1.29 is 32.6 Å². The SMILES string of the molecule is CC(C)(C)OC(=O)N1CCC[C@@H]1C(=O)N1CCC(C(=O)Cc2ccc(OC(F)F)cc2)CC1. The maximum Gasteiger partial charge on any atom is 0.410 e. The van der Waals surface area contributed by atoms with Crippen LogP contribution in [0.2, 0.25) is 0 Å². The van der Waals surface area contributed by atoms with E-state index in [1.54, 1.807) is 37.8 Å². The number of Topliss-reactive ketones (excluding diaryl/α,β-unsaturated/α-hetero) is 1. The summed E-state index contributed by atoms with van der Waals surface area (Å²) >= 11 is 0. The molecule has 33 heavy (non-hydrogen) atoms. The number of hydrogen-bond acceptors (Lipinski definition) is 5. The van der Waals surface area contributed by atoms with Gasteiger partial charge in [-0.25, -0.2) is 4.79 Å². The quantitative estimate of drug-likeness (QED) is 0.633. The van der Waals surface area contributed by atoms with Gasteiger partial charge in [-0.3, -0.25) is 14.5 Å². The average Bonchev–Trinajstić information content (AvgIpc) is 3.23. The lowest BCUT2D eigenvalue weighted by Gasteiger charge is -2.35. The molecule has 0 aliphatic carbocycles. The molecule has 0 saturated carbocycles. The van der Waals surface area contributed by atoms with Crippen molar-refractivity contribution in [2.45, 2.75) is 71.1 Å². The van der Waals surface area contributed by atoms with E-state index in [1.807, 2.05) is 0 Å². The number of benzene rings is 1. The first-order valence-corrected chi connectivity index (χ1v) is 11.4. The maximum atomic E-state index is 13.1. The highest BCUT2D eigenvalue weighted by atomic mass is 19.3. The van der Waals surface area contributed by atoms with E-state index in [2.05, 4.69) is 4.74 Å². The Hall–Kier alpha value is -2.71. The molecule has 0 N–H and O–H groups in total. The Morgan fingerprint density at radius 3 is 2.24 bits per heavy atom. The number of hydrogen-bond donors (Lipinski definition) is 0. The van der Waals surface area contributed by atoms with Gasteiger partial charge in [-0.15, -0.1) is 0 Å². The van der Waals surface area contributed by atoms with E-state index >= 15 is 0 Å². The number of alkyl halides is 2. The van der Waals surface area contributed by atoms with Crippen molar-refractivity contribution in [2.75, 3.05) is 19.6 Å². The van der Waals surface area contributed by atoms with Gasteiger partial charge in [-0.1, -0.05) is 12.1 Å². The molecule has 2 fully saturated rings. The summed E-state index contributed by atoms with van der Waals surface area (Å²) in [6.45, 7) is 3.94. The fraction of sp³-hybridized carbons (Fsp3) is 0.625. The zero-order valence-electron chi connectivity index (χ0n) is 19.4. The van der Waals surface area contributed by atoms with Crippen LogP contribution < -0.4 is 4.74 Å². The summed E-state index contributed by atoms with van der Waals surface area (Å²) < 4.78 is 34.3. The van der Waals surface area contributed by atoms with Gasteiger partial charge in [0.25, 0.3) is 0 Å². The van der Waals surface area contributed by atoms with Crippen LogP contribution in [0.25, 0.3) is 0 Å². The molecule has 3 rings (SSSR count). The number of nitrogens with zero attached hydrogens (tertiary/aromatic N) is 2. The molecule has 2 heterocycles. The number of halogens is 2. The first-order valence-electron chi connectivity index (χ1n) is 11.4. The van der Waals surface area contributed by atoms with E-state index < -0.39 is 24.3 Å². The number of likely N-dealkylation sites (tertiary alicyclic amines) is 2. The van der Waals surface area contributed by atoms with Gasteiger partial charge in [-0.2, -0.15) is 8.78 Å². The molecule has 1 aromatic carbocycles. The molecule has 1 aromatic rings. The van der Waals surface area contributed by atoms with Crippen LogP contribution in [0.4, 0.5) is 13.6 Å². The minimum absolute atomic E-state index is 0.0559. The highest BCUT2D eigenvalue weighted by molar-refractivity contribution is 5.87. The smallest absolute Gasteiger partial charge is 0.410 e. The molecular formula is C24H32F2N2O5. The lowest BCUT2D eigenvalue weighted by molar-refractivity contribution is -0.139. The minimum atomic E-state index is -2.88. The number of ketones is 1. The molecule has 0 bridgehead atoms. The molecule has 0 radical (unpaired) electrons. The molecule has 0 unspecified atom stereocenters. The summed E-state index contributed by atoms with van der Waals surface area (Å²) in [5.41, 5.74) is 0.112. The second-order valence-corrected chi connectivity index (χ2v) is 9.60. The van der Waals surface area contributed by atoms with Gasteiger partial charge in [-0.05, 0) is 64.2 Å². The fourth-order valence-corrected chi connectivity index (χ4v) is 4.33. The third-order valence-electron chi connectivity index (χ3n) is 5.95. The second kappa shape index (κ2) is 10.5. The Bertz CT molecular complexity index is 845. The van der Waals surface area contributed by atoms with Gasteiger partial charge in [0.2, 0.25) is 5.91 Å². The summed E-state index contributed by atoms with van der Waals surface area (Å²) in [7, 11) is 0. The van der Waals surface area contributed by atoms with Crippen LogP contribution >= 0.6 is 0 Å². The average molecular weight is 467 g/mol. The van der Waals surface area contributed by atoms with E-state index in [0.717, 1.165) is 12.0 Å². The Balaban J connectivity index is 1.50. The topological polar surface area (TPSA) is 76.2 Å². The van der Waals surface area contributed by atoms with Crippen LogP contribution in [0.5, 0.6) is 5.75 Å².